The Morgan fingerprint density at radius 3 is 2.57 bits per heavy atom. The molecule has 1 atom stereocenters. The maximum atomic E-state index is 14.0. The molecule has 0 radical (unpaired) electrons. The van der Waals surface area contributed by atoms with Crippen LogP contribution in [0.25, 0.3) is 0 Å². The lowest BCUT2D eigenvalue weighted by Crippen LogP contribution is -2.42. The van der Waals surface area contributed by atoms with Crippen molar-refractivity contribution in [1.29, 1.82) is 0 Å². The number of nitrogens with one attached hydrogen (secondary N) is 1. The fourth-order valence-electron chi connectivity index (χ4n) is 4.60. The summed E-state index contributed by atoms with van der Waals surface area (Å²) in [7, 11) is 1.54. The highest BCUT2D eigenvalue weighted by Gasteiger charge is 2.35. The summed E-state index contributed by atoms with van der Waals surface area (Å²) in [6.07, 6.45) is 7.23. The first-order chi connectivity index (χ1) is 18.0. The molecular formula is C29H25FN4O3. The summed E-state index contributed by atoms with van der Waals surface area (Å²) in [5.41, 5.74) is 4.00. The van der Waals surface area contributed by atoms with Crippen LogP contribution in [0.2, 0.25) is 0 Å². The molecule has 2 amide bonds. The Labute approximate surface area is 214 Å². The number of methoxy groups -OCH3 is 1. The van der Waals surface area contributed by atoms with Gasteiger partial charge in [0, 0.05) is 23.8 Å². The summed E-state index contributed by atoms with van der Waals surface area (Å²) in [6.45, 7) is 0. The molecule has 3 aromatic carbocycles. The number of hydrogen-bond donors (Lipinski definition) is 1. The highest BCUT2D eigenvalue weighted by atomic mass is 19.1. The van der Waals surface area contributed by atoms with Gasteiger partial charge in [-0.25, -0.2) is 9.37 Å². The van der Waals surface area contributed by atoms with Crippen LogP contribution < -0.4 is 15.0 Å². The number of amides is 2. The Hall–Kier alpha value is -4.59. The molecule has 0 fully saturated rings. The van der Waals surface area contributed by atoms with Crippen molar-refractivity contribution in [2.75, 3.05) is 17.3 Å². The fraction of sp³-hybridized carbons (Fsp3) is 0.172. The Kier molecular flexibility index (Phi) is 6.89. The molecule has 1 heterocycles. The van der Waals surface area contributed by atoms with Crippen LogP contribution in [0.3, 0.4) is 0 Å². The first-order valence-corrected chi connectivity index (χ1v) is 12.0. The minimum absolute atomic E-state index is 0.102. The zero-order chi connectivity index (χ0) is 25.8. The minimum atomic E-state index is -1.09. The van der Waals surface area contributed by atoms with Gasteiger partial charge in [0.05, 0.1) is 13.3 Å². The van der Waals surface area contributed by atoms with E-state index >= 15 is 0 Å². The monoisotopic (exact) mass is 496 g/mol. The molecule has 1 aliphatic rings. The third-order valence-electron chi connectivity index (χ3n) is 6.39. The quantitative estimate of drug-likeness (QED) is 0.383. The van der Waals surface area contributed by atoms with Gasteiger partial charge in [-0.2, -0.15) is 0 Å². The number of halogens is 1. The molecule has 1 unspecified atom stereocenters. The molecule has 0 bridgehead atoms. The van der Waals surface area contributed by atoms with Crippen LogP contribution in [-0.2, 0) is 17.6 Å². The fourth-order valence-corrected chi connectivity index (χ4v) is 4.60. The molecule has 0 saturated heterocycles. The third-order valence-corrected chi connectivity index (χ3v) is 6.39. The molecule has 0 spiro atoms. The standard InChI is InChI=1S/C29H25FN4O3/c1-37-25-7-3-6-21(17-25)27(28(35)33-23-11-9-22(30)10-12-23)34(29(36)26-18-31-14-15-32-26)24-13-8-19-4-2-5-20(19)16-24/h3,6-18,27H,2,4-5H2,1H3,(H,33,35). The van der Waals surface area contributed by atoms with E-state index in [1.165, 1.54) is 60.4 Å². The van der Waals surface area contributed by atoms with Gasteiger partial charge in [-0.3, -0.25) is 19.5 Å². The summed E-state index contributed by atoms with van der Waals surface area (Å²) in [6, 6.07) is 17.2. The van der Waals surface area contributed by atoms with E-state index in [-0.39, 0.29) is 5.69 Å². The maximum Gasteiger partial charge on any atom is 0.279 e. The van der Waals surface area contributed by atoms with E-state index in [0.29, 0.717) is 22.7 Å². The first-order valence-electron chi connectivity index (χ1n) is 12.0. The molecule has 1 N–H and O–H groups in total. The number of aryl methyl sites for hydroxylation is 2. The minimum Gasteiger partial charge on any atom is -0.497 e. The van der Waals surface area contributed by atoms with Crippen LogP contribution in [0.4, 0.5) is 15.8 Å². The first kappa shape index (κ1) is 24.1. The zero-order valence-electron chi connectivity index (χ0n) is 20.2. The lowest BCUT2D eigenvalue weighted by atomic mass is 10.0. The number of benzene rings is 3. The number of hydrogen-bond acceptors (Lipinski definition) is 5. The smallest absolute Gasteiger partial charge is 0.279 e. The van der Waals surface area contributed by atoms with Crippen molar-refractivity contribution in [3.8, 4) is 5.75 Å². The van der Waals surface area contributed by atoms with Gasteiger partial charge in [-0.05, 0) is 84.5 Å². The van der Waals surface area contributed by atoms with E-state index in [2.05, 4.69) is 15.3 Å². The van der Waals surface area contributed by atoms with Gasteiger partial charge in [0.25, 0.3) is 11.8 Å². The highest BCUT2D eigenvalue weighted by molar-refractivity contribution is 6.11. The number of anilines is 2. The topological polar surface area (TPSA) is 84.4 Å². The SMILES string of the molecule is COc1cccc(C(C(=O)Nc2ccc(F)cc2)N(C(=O)c2cnccn2)c2ccc3c(c2)CCC3)c1. The van der Waals surface area contributed by atoms with E-state index in [1.807, 2.05) is 18.2 Å². The van der Waals surface area contributed by atoms with Crippen molar-refractivity contribution in [2.45, 2.75) is 25.3 Å². The average molecular weight is 497 g/mol. The van der Waals surface area contributed by atoms with Crippen molar-refractivity contribution in [2.24, 2.45) is 0 Å². The number of aromatic nitrogens is 2. The van der Waals surface area contributed by atoms with Gasteiger partial charge < -0.3 is 10.1 Å². The molecule has 0 saturated carbocycles. The van der Waals surface area contributed by atoms with Crippen LogP contribution in [0.15, 0.2) is 85.3 Å². The van der Waals surface area contributed by atoms with Crippen LogP contribution in [0.5, 0.6) is 5.75 Å². The van der Waals surface area contributed by atoms with Gasteiger partial charge in [-0.15, -0.1) is 0 Å². The molecule has 1 aromatic heterocycles. The lowest BCUT2D eigenvalue weighted by Gasteiger charge is -2.31. The second-order valence-electron chi connectivity index (χ2n) is 8.75. The number of fused-ring (bicyclic) bond motifs is 1. The van der Waals surface area contributed by atoms with Gasteiger partial charge in [0.15, 0.2) is 0 Å². The van der Waals surface area contributed by atoms with Crippen molar-refractivity contribution in [1.82, 2.24) is 9.97 Å². The van der Waals surface area contributed by atoms with E-state index in [9.17, 15) is 14.0 Å². The van der Waals surface area contributed by atoms with E-state index in [4.69, 9.17) is 4.74 Å². The van der Waals surface area contributed by atoms with Gasteiger partial charge in [0.1, 0.15) is 23.3 Å². The molecule has 37 heavy (non-hydrogen) atoms. The third kappa shape index (κ3) is 5.18. The van der Waals surface area contributed by atoms with Gasteiger partial charge in [-0.1, -0.05) is 18.2 Å². The Morgan fingerprint density at radius 2 is 1.81 bits per heavy atom. The number of ether oxygens (including phenoxy) is 1. The second-order valence-corrected chi connectivity index (χ2v) is 8.75. The molecule has 1 aliphatic carbocycles. The summed E-state index contributed by atoms with van der Waals surface area (Å²) in [4.78, 5) is 37.6. The number of carbonyl (C=O) groups is 2. The van der Waals surface area contributed by atoms with Crippen molar-refractivity contribution in [3.05, 3.63) is 114 Å². The Morgan fingerprint density at radius 1 is 1.00 bits per heavy atom. The van der Waals surface area contributed by atoms with Gasteiger partial charge in [0.2, 0.25) is 0 Å². The summed E-state index contributed by atoms with van der Waals surface area (Å²) < 4.78 is 18.9. The second kappa shape index (κ2) is 10.6. The van der Waals surface area contributed by atoms with E-state index < -0.39 is 23.7 Å². The molecule has 7 nitrogen and oxygen atoms in total. The van der Waals surface area contributed by atoms with Crippen LogP contribution in [0, 0.1) is 5.82 Å². The zero-order valence-corrected chi connectivity index (χ0v) is 20.2. The van der Waals surface area contributed by atoms with E-state index in [0.717, 1.165) is 24.8 Å². The molecule has 4 aromatic rings. The molecular weight excluding hydrogens is 471 g/mol. The number of nitrogens with zero attached hydrogens (tertiary/aromatic N) is 3. The van der Waals surface area contributed by atoms with Crippen molar-refractivity contribution < 1.29 is 18.7 Å². The largest absolute Gasteiger partial charge is 0.497 e. The lowest BCUT2D eigenvalue weighted by molar-refractivity contribution is -0.117. The molecule has 0 aliphatic heterocycles. The van der Waals surface area contributed by atoms with E-state index in [1.54, 1.807) is 24.3 Å². The van der Waals surface area contributed by atoms with Crippen molar-refractivity contribution >= 4 is 23.2 Å². The van der Waals surface area contributed by atoms with Crippen LogP contribution >= 0.6 is 0 Å². The summed E-state index contributed by atoms with van der Waals surface area (Å²) in [5.74, 6) is -0.830. The summed E-state index contributed by atoms with van der Waals surface area (Å²) >= 11 is 0. The van der Waals surface area contributed by atoms with Crippen LogP contribution in [0.1, 0.15) is 39.6 Å². The predicted molar refractivity (Wildman–Crippen MR) is 138 cm³/mol. The molecule has 5 rings (SSSR count). The average Bonchev–Trinajstić information content (AvgIpc) is 3.41. The Balaban J connectivity index is 1.65. The Bertz CT molecular complexity index is 1430. The maximum absolute atomic E-state index is 14.0. The summed E-state index contributed by atoms with van der Waals surface area (Å²) in [5, 5.41) is 2.84. The van der Waals surface area contributed by atoms with Crippen LogP contribution in [-0.4, -0.2) is 28.9 Å². The highest BCUT2D eigenvalue weighted by Crippen LogP contribution is 2.35. The molecule has 186 valence electrons. The normalized spacial score (nSPS) is 12.9. The van der Waals surface area contributed by atoms with Crippen molar-refractivity contribution in [3.63, 3.8) is 0 Å². The number of carbonyl (C=O) groups excluding carboxylic acids is 2. The number of rotatable bonds is 7. The molecule has 8 heteroatoms. The predicted octanol–water partition coefficient (Wildman–Crippen LogP) is 5.14. The van der Waals surface area contributed by atoms with Gasteiger partial charge >= 0.3 is 0 Å².